The Morgan fingerprint density at radius 3 is 2.93 bits per heavy atom. The number of thioether (sulfide) groups is 1. The highest BCUT2D eigenvalue weighted by Gasteiger charge is 2.23. The molecule has 4 rings (SSSR count). The topological polar surface area (TPSA) is 56.9 Å². The summed E-state index contributed by atoms with van der Waals surface area (Å²) in [4.78, 5) is 32.9. The van der Waals surface area contributed by atoms with Crippen LogP contribution in [0.5, 0.6) is 0 Å². The molecule has 0 spiro atoms. The van der Waals surface area contributed by atoms with Crippen molar-refractivity contribution >= 4 is 39.1 Å². The molecule has 0 saturated heterocycles. The van der Waals surface area contributed by atoms with Crippen molar-refractivity contribution in [3.05, 3.63) is 44.8 Å². The van der Waals surface area contributed by atoms with Crippen molar-refractivity contribution in [1.82, 2.24) is 14.1 Å². The summed E-state index contributed by atoms with van der Waals surface area (Å²) in [6, 6.07) is 3.70. The average molecular weight is 416 g/mol. The Hall–Kier alpha value is -1.86. The lowest BCUT2D eigenvalue weighted by Gasteiger charge is -2.12. The van der Waals surface area contributed by atoms with Crippen LogP contribution >= 0.6 is 23.1 Å². The van der Waals surface area contributed by atoms with Crippen molar-refractivity contribution in [2.45, 2.75) is 57.1 Å². The number of hydrogen-bond acceptors (Lipinski definition) is 5. The van der Waals surface area contributed by atoms with E-state index in [1.54, 1.807) is 11.3 Å². The molecule has 0 bridgehead atoms. The number of aromatic nitrogens is 3. The van der Waals surface area contributed by atoms with Crippen molar-refractivity contribution in [2.75, 3.05) is 5.75 Å². The summed E-state index contributed by atoms with van der Waals surface area (Å²) in [5.41, 5.74) is 1.98. The molecule has 0 aliphatic heterocycles. The third-order valence-electron chi connectivity index (χ3n) is 5.34. The number of ketones is 1. The lowest BCUT2D eigenvalue weighted by atomic mass is 10.2. The minimum atomic E-state index is 0.0561. The predicted octanol–water partition coefficient (Wildman–Crippen LogP) is 4.45. The van der Waals surface area contributed by atoms with Crippen molar-refractivity contribution < 1.29 is 4.79 Å². The van der Waals surface area contributed by atoms with Crippen molar-refractivity contribution in [1.29, 1.82) is 0 Å². The molecule has 3 heterocycles. The molecule has 0 aromatic carbocycles. The van der Waals surface area contributed by atoms with Crippen LogP contribution in [0, 0.1) is 0 Å². The van der Waals surface area contributed by atoms with E-state index in [0.717, 1.165) is 48.7 Å². The number of fused-ring (bicyclic) bond motifs is 3. The van der Waals surface area contributed by atoms with Gasteiger partial charge in [0, 0.05) is 24.7 Å². The molecule has 0 atom stereocenters. The second-order valence-electron chi connectivity index (χ2n) is 7.31. The van der Waals surface area contributed by atoms with E-state index in [4.69, 9.17) is 4.98 Å². The van der Waals surface area contributed by atoms with Crippen molar-refractivity contribution in [3.8, 4) is 0 Å². The third kappa shape index (κ3) is 3.57. The minimum absolute atomic E-state index is 0.0561. The average Bonchev–Trinajstić information content (AvgIpc) is 3.37. The highest BCUT2D eigenvalue weighted by atomic mass is 32.2. The number of carbonyl (C=O) groups excluding carboxylic acids is 1. The fourth-order valence-corrected chi connectivity index (χ4v) is 6.04. The molecule has 0 radical (unpaired) electrons. The van der Waals surface area contributed by atoms with Gasteiger partial charge in [0.2, 0.25) is 0 Å². The predicted molar refractivity (Wildman–Crippen MR) is 116 cm³/mol. The van der Waals surface area contributed by atoms with Gasteiger partial charge in [0.25, 0.3) is 5.56 Å². The molecular formula is C21H25N3O2S2. The Bertz CT molecular complexity index is 1080. The quantitative estimate of drug-likeness (QED) is 0.236. The SMILES string of the molecule is CCCCCn1c(SCC(=O)c2cccn2C)nc2sc3c(c2c1=O)CCC3. The molecular weight excluding hydrogens is 390 g/mol. The zero-order valence-electron chi connectivity index (χ0n) is 16.4. The first-order valence-electron chi connectivity index (χ1n) is 9.92. The molecule has 3 aromatic heterocycles. The van der Waals surface area contributed by atoms with E-state index in [9.17, 15) is 9.59 Å². The van der Waals surface area contributed by atoms with E-state index in [0.29, 0.717) is 17.4 Å². The Morgan fingerprint density at radius 1 is 1.32 bits per heavy atom. The van der Waals surface area contributed by atoms with Gasteiger partial charge in [0.15, 0.2) is 10.9 Å². The Morgan fingerprint density at radius 2 is 2.18 bits per heavy atom. The highest BCUT2D eigenvalue weighted by molar-refractivity contribution is 7.99. The van der Waals surface area contributed by atoms with Crippen LogP contribution in [0.2, 0.25) is 0 Å². The van der Waals surface area contributed by atoms with E-state index < -0.39 is 0 Å². The van der Waals surface area contributed by atoms with Crippen LogP contribution in [0.3, 0.4) is 0 Å². The van der Waals surface area contributed by atoms with Crippen LogP contribution in [0.15, 0.2) is 28.3 Å². The summed E-state index contributed by atoms with van der Waals surface area (Å²) >= 11 is 3.04. The first kappa shape index (κ1) is 19.5. The molecule has 0 amide bonds. The van der Waals surface area contributed by atoms with Crippen molar-refractivity contribution in [2.24, 2.45) is 7.05 Å². The van der Waals surface area contributed by atoms with Gasteiger partial charge in [-0.15, -0.1) is 11.3 Å². The number of rotatable bonds is 8. The maximum absolute atomic E-state index is 13.3. The monoisotopic (exact) mass is 415 g/mol. The standard InChI is InChI=1S/C21H25N3O2S2/c1-3-4-5-12-24-20(26)18-14-8-6-10-17(14)28-19(18)22-21(24)27-13-16(25)15-9-7-11-23(15)2/h7,9,11H,3-6,8,10,12-13H2,1-2H3. The minimum Gasteiger partial charge on any atom is -0.348 e. The lowest BCUT2D eigenvalue weighted by Crippen LogP contribution is -2.24. The Labute approximate surface area is 172 Å². The van der Waals surface area contributed by atoms with Gasteiger partial charge in [-0.05, 0) is 43.4 Å². The van der Waals surface area contributed by atoms with Gasteiger partial charge in [-0.2, -0.15) is 0 Å². The van der Waals surface area contributed by atoms with Gasteiger partial charge in [0.1, 0.15) is 4.83 Å². The number of nitrogens with zero attached hydrogens (tertiary/aromatic N) is 3. The Kier molecular flexibility index (Phi) is 5.73. The van der Waals surface area contributed by atoms with Gasteiger partial charge in [0.05, 0.1) is 16.8 Å². The molecule has 0 unspecified atom stereocenters. The van der Waals surface area contributed by atoms with Gasteiger partial charge in [-0.3, -0.25) is 14.2 Å². The van der Waals surface area contributed by atoms with Crippen LogP contribution in [0.25, 0.3) is 10.2 Å². The summed E-state index contributed by atoms with van der Waals surface area (Å²) < 4.78 is 3.64. The molecule has 1 aliphatic rings. The molecule has 28 heavy (non-hydrogen) atoms. The molecule has 0 saturated carbocycles. The summed E-state index contributed by atoms with van der Waals surface area (Å²) in [5, 5.41) is 1.50. The van der Waals surface area contributed by atoms with Gasteiger partial charge >= 0.3 is 0 Å². The number of carbonyl (C=O) groups is 1. The smallest absolute Gasteiger partial charge is 0.263 e. The number of unbranched alkanes of at least 4 members (excludes halogenated alkanes) is 2. The number of thiophene rings is 1. The molecule has 3 aromatic rings. The molecule has 1 aliphatic carbocycles. The first-order valence-corrected chi connectivity index (χ1v) is 11.7. The molecule has 148 valence electrons. The summed E-state index contributed by atoms with van der Waals surface area (Å²) in [6.07, 6.45) is 8.18. The second kappa shape index (κ2) is 8.25. The van der Waals surface area contributed by atoms with Crippen LogP contribution in [0.4, 0.5) is 0 Å². The molecule has 5 nitrogen and oxygen atoms in total. The molecule has 0 N–H and O–H groups in total. The van der Waals surface area contributed by atoms with E-state index in [1.807, 2.05) is 34.5 Å². The zero-order chi connectivity index (χ0) is 19.7. The molecule has 7 heteroatoms. The van der Waals surface area contributed by atoms with Crippen molar-refractivity contribution in [3.63, 3.8) is 0 Å². The zero-order valence-corrected chi connectivity index (χ0v) is 18.0. The van der Waals surface area contributed by atoms with E-state index in [2.05, 4.69) is 6.92 Å². The first-order chi connectivity index (χ1) is 13.6. The number of hydrogen-bond donors (Lipinski definition) is 0. The second-order valence-corrected chi connectivity index (χ2v) is 9.34. The van der Waals surface area contributed by atoms with Crippen LogP contribution in [-0.4, -0.2) is 25.7 Å². The van der Waals surface area contributed by atoms with E-state index >= 15 is 0 Å². The lowest BCUT2D eigenvalue weighted by molar-refractivity contribution is 0.101. The summed E-state index contributed by atoms with van der Waals surface area (Å²) in [5.74, 6) is 0.343. The molecule has 0 fully saturated rings. The van der Waals surface area contributed by atoms with Gasteiger partial charge in [-0.1, -0.05) is 31.5 Å². The number of Topliss-reactive ketones (excluding diaryl/α,β-unsaturated/α-hetero) is 1. The maximum atomic E-state index is 13.3. The van der Waals surface area contributed by atoms with Crippen LogP contribution in [-0.2, 0) is 26.4 Å². The van der Waals surface area contributed by atoms with E-state index in [1.165, 1.54) is 22.2 Å². The summed E-state index contributed by atoms with van der Waals surface area (Å²) in [7, 11) is 1.87. The van der Waals surface area contributed by atoms with Gasteiger partial charge in [-0.25, -0.2) is 4.98 Å². The van der Waals surface area contributed by atoms with Crippen LogP contribution in [0.1, 0.15) is 53.5 Å². The number of aryl methyl sites for hydroxylation is 3. The fourth-order valence-electron chi connectivity index (χ4n) is 3.84. The van der Waals surface area contributed by atoms with Gasteiger partial charge < -0.3 is 4.57 Å². The third-order valence-corrected chi connectivity index (χ3v) is 7.50. The fraction of sp³-hybridized carbons (Fsp3) is 0.476. The Balaban J connectivity index is 1.67. The van der Waals surface area contributed by atoms with Crippen LogP contribution < -0.4 is 5.56 Å². The highest BCUT2D eigenvalue weighted by Crippen LogP contribution is 2.35. The largest absolute Gasteiger partial charge is 0.348 e. The normalized spacial score (nSPS) is 13.4. The summed E-state index contributed by atoms with van der Waals surface area (Å²) in [6.45, 7) is 2.82. The maximum Gasteiger partial charge on any atom is 0.263 e. The van der Waals surface area contributed by atoms with E-state index in [-0.39, 0.29) is 17.1 Å².